The van der Waals surface area contributed by atoms with Gasteiger partial charge in [0.2, 0.25) is 0 Å². The molecule has 94 heavy (non-hydrogen) atoms. The summed E-state index contributed by atoms with van der Waals surface area (Å²) < 4.78 is 4.90. The minimum Gasteiger partial charge on any atom is -0.310 e. The van der Waals surface area contributed by atoms with E-state index in [2.05, 4.69) is 333 Å². The molecule has 0 aliphatic rings. The van der Waals surface area contributed by atoms with Gasteiger partial charge in [0.15, 0.2) is 23.2 Å². The van der Waals surface area contributed by atoms with Crippen LogP contribution in [0.1, 0.15) is 111 Å². The van der Waals surface area contributed by atoms with Crippen LogP contribution in [0, 0.1) is 13.5 Å². The van der Waals surface area contributed by atoms with Crippen molar-refractivity contribution in [2.75, 3.05) is 4.90 Å². The van der Waals surface area contributed by atoms with Crippen molar-refractivity contribution in [1.82, 2.24) is 24.1 Å². The van der Waals surface area contributed by atoms with Gasteiger partial charge in [0, 0.05) is 66.4 Å². The number of aryl methyl sites for hydroxylation is 1. The summed E-state index contributed by atoms with van der Waals surface area (Å²) in [4.78, 5) is 23.1. The number of para-hydroxylation sites is 4. The van der Waals surface area contributed by atoms with E-state index < -0.39 is 0 Å². The Bertz CT molecular complexity index is 5120. The molecule has 0 saturated carbocycles. The Morgan fingerprint density at radius 2 is 0.766 bits per heavy atom. The monoisotopic (exact) mass is 1220 g/mol. The summed E-state index contributed by atoms with van der Waals surface area (Å²) in [5.74, 6) is 1.80. The van der Waals surface area contributed by atoms with Crippen LogP contribution in [0.5, 0.6) is 0 Å². The fraction of sp³-hybridized carbons (Fsp3) is 0.195. The summed E-state index contributed by atoms with van der Waals surface area (Å²) >= 11 is 0. The van der Waals surface area contributed by atoms with E-state index in [-0.39, 0.29) is 21.7 Å². The van der Waals surface area contributed by atoms with Gasteiger partial charge in [-0.25, -0.2) is 19.8 Å². The smallest absolute Gasteiger partial charge is 0.187 e. The van der Waals surface area contributed by atoms with Gasteiger partial charge in [0.1, 0.15) is 0 Å². The number of benzene rings is 11. The van der Waals surface area contributed by atoms with Crippen LogP contribution in [0.4, 0.5) is 22.7 Å². The summed E-state index contributed by atoms with van der Waals surface area (Å²) in [5.41, 5.74) is 22.2. The SMILES string of the molecule is [C-]#[N+]c1cccc(-c2ccc(-c3cc(-c4nc(-c5cc(C(C)(C)C)cc(C(C)(C)C)c5)nc(-c5cc(C(C)(C)C)cc(C(C)(C)C)c5)n4)ccc3-n3c4ccccc4c4cc(N(c5ccccc5)c5ccccc5)ccc43)c(-n3c4ccccc4c4cc(C)ccc43)c2)c1. The maximum atomic E-state index is 8.07. The van der Waals surface area contributed by atoms with Crippen LogP contribution in [-0.2, 0) is 21.7 Å². The first-order valence-electron chi connectivity index (χ1n) is 32.8. The number of anilines is 3. The van der Waals surface area contributed by atoms with Crippen LogP contribution in [0.15, 0.2) is 243 Å². The van der Waals surface area contributed by atoms with Gasteiger partial charge >= 0.3 is 0 Å². The zero-order valence-corrected chi connectivity index (χ0v) is 56.2. The molecule has 0 fully saturated rings. The van der Waals surface area contributed by atoms with E-state index >= 15 is 0 Å². The standard InChI is InChI=1S/C87H79N7/c1-55-36-41-77-72(44-55)69-32-21-24-35-76(69)94(77)80-51-57(56-26-25-27-65(49-56)88-14)37-40-71(80)73-50-58(38-42-78(73)93-75-34-23-22-33-70(75)74-54-68(39-43-79(74)93)92(66-28-17-15-18-29-66)67-30-19-16-20-31-67)81-89-82(59-45-61(84(2,3)4)52-62(46-59)85(5,6)7)91-83(90-81)60-47-63(86(8,9)10)53-64(48-60)87(11,12)13/h15-54H,1-13H3. The highest BCUT2D eigenvalue weighted by Crippen LogP contribution is 2.47. The Kier molecular flexibility index (Phi) is 15.0. The molecule has 0 spiro atoms. The summed E-state index contributed by atoms with van der Waals surface area (Å²) in [7, 11) is 0. The van der Waals surface area contributed by atoms with Gasteiger partial charge in [-0.15, -0.1) is 0 Å². The van der Waals surface area contributed by atoms with E-state index in [1.165, 1.54) is 38.6 Å². The average molecular weight is 1220 g/mol. The number of nitrogens with zero attached hydrogens (tertiary/aromatic N) is 7. The zero-order chi connectivity index (χ0) is 65.6. The molecule has 7 nitrogen and oxygen atoms in total. The molecule has 14 rings (SSSR count). The molecule has 0 saturated heterocycles. The molecule has 0 radical (unpaired) electrons. The van der Waals surface area contributed by atoms with E-state index in [0.717, 1.165) is 100 Å². The number of aromatic nitrogens is 5. The third-order valence-electron chi connectivity index (χ3n) is 18.6. The Morgan fingerprint density at radius 3 is 1.29 bits per heavy atom. The molecule has 0 N–H and O–H groups in total. The molecule has 0 atom stereocenters. The van der Waals surface area contributed by atoms with E-state index in [1.54, 1.807) is 0 Å². The second kappa shape index (κ2) is 23.2. The van der Waals surface area contributed by atoms with Crippen LogP contribution in [0.3, 0.4) is 0 Å². The minimum atomic E-state index is -0.151. The highest BCUT2D eigenvalue weighted by atomic mass is 15.1. The molecule has 0 amide bonds. The lowest BCUT2D eigenvalue weighted by Crippen LogP contribution is -2.17. The van der Waals surface area contributed by atoms with Crippen molar-refractivity contribution in [2.45, 2.75) is 112 Å². The maximum Gasteiger partial charge on any atom is 0.187 e. The van der Waals surface area contributed by atoms with Gasteiger partial charge in [0.25, 0.3) is 0 Å². The Hall–Kier alpha value is -10.7. The van der Waals surface area contributed by atoms with Crippen LogP contribution in [-0.4, -0.2) is 24.1 Å². The number of hydrogen-bond donors (Lipinski definition) is 0. The largest absolute Gasteiger partial charge is 0.310 e. The predicted molar refractivity (Wildman–Crippen MR) is 396 cm³/mol. The van der Waals surface area contributed by atoms with Crippen LogP contribution in [0.2, 0.25) is 0 Å². The van der Waals surface area contributed by atoms with Crippen molar-refractivity contribution in [1.29, 1.82) is 0 Å². The van der Waals surface area contributed by atoms with Crippen molar-refractivity contribution < 1.29 is 0 Å². The lowest BCUT2D eigenvalue weighted by Gasteiger charge is -2.26. The lowest BCUT2D eigenvalue weighted by molar-refractivity contribution is 0.568. The van der Waals surface area contributed by atoms with Gasteiger partial charge in [0.05, 0.1) is 40.0 Å². The predicted octanol–water partition coefficient (Wildman–Crippen LogP) is 23.9. The highest BCUT2D eigenvalue weighted by molar-refractivity contribution is 6.13. The van der Waals surface area contributed by atoms with Crippen LogP contribution >= 0.6 is 0 Å². The minimum absolute atomic E-state index is 0.151. The van der Waals surface area contributed by atoms with Gasteiger partial charge in [-0.05, 0) is 183 Å². The van der Waals surface area contributed by atoms with Crippen LogP contribution < -0.4 is 4.90 Å². The number of fused-ring (bicyclic) bond motifs is 6. The summed E-state index contributed by atoms with van der Waals surface area (Å²) in [6.07, 6.45) is 0. The van der Waals surface area contributed by atoms with Crippen molar-refractivity contribution in [2.24, 2.45) is 0 Å². The third kappa shape index (κ3) is 11.3. The molecular weight excluding hydrogens is 1140 g/mol. The molecule has 3 heterocycles. The van der Waals surface area contributed by atoms with Crippen molar-refractivity contribution in [3.63, 3.8) is 0 Å². The molecule has 11 aromatic carbocycles. The summed E-state index contributed by atoms with van der Waals surface area (Å²) in [5, 5.41) is 4.60. The fourth-order valence-corrected chi connectivity index (χ4v) is 13.3. The molecule has 462 valence electrons. The van der Waals surface area contributed by atoms with Crippen molar-refractivity contribution >= 4 is 66.4 Å². The lowest BCUT2D eigenvalue weighted by atomic mass is 9.79. The third-order valence-corrected chi connectivity index (χ3v) is 18.6. The molecule has 7 heteroatoms. The van der Waals surface area contributed by atoms with Crippen molar-refractivity contribution in [3.8, 4) is 67.8 Å². The molecule has 0 bridgehead atoms. The van der Waals surface area contributed by atoms with E-state index in [0.29, 0.717) is 23.2 Å². The second-order valence-electron chi connectivity index (χ2n) is 29.5. The summed E-state index contributed by atoms with van der Waals surface area (Å²) in [6, 6.07) is 88.1. The Morgan fingerprint density at radius 1 is 0.319 bits per heavy atom. The van der Waals surface area contributed by atoms with Crippen LogP contribution in [0.25, 0.3) is 116 Å². The number of hydrogen-bond acceptors (Lipinski definition) is 4. The molecule has 0 aliphatic heterocycles. The summed E-state index contributed by atoms with van der Waals surface area (Å²) in [6.45, 7) is 37.6. The Labute approximate surface area is 553 Å². The van der Waals surface area contributed by atoms with Crippen molar-refractivity contribution in [3.05, 3.63) is 282 Å². The first kappa shape index (κ1) is 60.9. The molecule has 3 aromatic heterocycles. The van der Waals surface area contributed by atoms with E-state index in [9.17, 15) is 0 Å². The first-order valence-corrected chi connectivity index (χ1v) is 32.8. The van der Waals surface area contributed by atoms with Gasteiger partial charge in [-0.2, -0.15) is 0 Å². The van der Waals surface area contributed by atoms with E-state index in [1.807, 2.05) is 18.2 Å². The van der Waals surface area contributed by atoms with Gasteiger partial charge in [-0.1, -0.05) is 210 Å². The van der Waals surface area contributed by atoms with Gasteiger partial charge < -0.3 is 14.0 Å². The molecule has 0 aliphatic carbocycles. The fourth-order valence-electron chi connectivity index (χ4n) is 13.3. The number of rotatable bonds is 10. The molecular formula is C87H79N7. The quantitative estimate of drug-likeness (QED) is 0.128. The topological polar surface area (TPSA) is 56.1 Å². The van der Waals surface area contributed by atoms with E-state index in [4.69, 9.17) is 21.5 Å². The molecule has 14 aromatic rings. The maximum absolute atomic E-state index is 8.07. The second-order valence-corrected chi connectivity index (χ2v) is 29.5. The average Bonchev–Trinajstić information content (AvgIpc) is 1.53. The van der Waals surface area contributed by atoms with Gasteiger partial charge in [-0.3, -0.25) is 0 Å². The first-order chi connectivity index (χ1) is 45.0. The highest BCUT2D eigenvalue weighted by Gasteiger charge is 2.28. The normalized spacial score (nSPS) is 12.3. The Balaban J connectivity index is 1.10. The zero-order valence-electron chi connectivity index (χ0n) is 56.2. The molecule has 0 unspecified atom stereocenters.